The first kappa shape index (κ1) is 19.5. The number of benzene rings is 2. The summed E-state index contributed by atoms with van der Waals surface area (Å²) in [5.74, 6) is -1.24. The number of carbonyl (C=O) groups excluding carboxylic acids is 2. The fraction of sp³-hybridized carbons (Fsp3) is 0.300. The van der Waals surface area contributed by atoms with Crippen LogP contribution in [0, 0.1) is 0 Å². The van der Waals surface area contributed by atoms with Crippen LogP contribution < -0.4 is 0 Å². The number of rotatable bonds is 5. The summed E-state index contributed by atoms with van der Waals surface area (Å²) >= 11 is 3.11. The molecular weight excluding hydrogens is 419 g/mol. The van der Waals surface area contributed by atoms with E-state index in [-0.39, 0.29) is 6.61 Å². The van der Waals surface area contributed by atoms with E-state index in [2.05, 4.69) is 15.9 Å². The number of hydrogen-bond donors (Lipinski definition) is 0. The average molecular weight is 437 g/mol. The van der Waals surface area contributed by atoms with Crippen molar-refractivity contribution in [3.8, 4) is 0 Å². The normalized spacial score (nSPS) is 27.1. The maximum Gasteiger partial charge on any atom is 0.338 e. The first-order valence-electron chi connectivity index (χ1n) is 8.36. The number of carbonyl (C=O) groups is 2. The second-order valence-corrected chi connectivity index (χ2v) is 7.13. The monoisotopic (exact) mass is 436 g/mol. The third-order valence-electron chi connectivity index (χ3n) is 4.26. The predicted octanol–water partition coefficient (Wildman–Crippen LogP) is 3.92. The van der Waals surface area contributed by atoms with Crippen molar-refractivity contribution in [1.82, 2.24) is 0 Å². The number of ether oxygens (including phenoxy) is 3. The van der Waals surface area contributed by atoms with E-state index in [4.69, 9.17) is 14.2 Å². The maximum absolute atomic E-state index is 15.1. The Bertz CT molecular complexity index is 797. The molecule has 1 fully saturated rings. The fourth-order valence-corrected chi connectivity index (χ4v) is 3.28. The number of halogens is 2. The van der Waals surface area contributed by atoms with E-state index in [1.54, 1.807) is 60.7 Å². The van der Waals surface area contributed by atoms with Crippen LogP contribution >= 0.6 is 15.9 Å². The zero-order chi connectivity index (χ0) is 19.4. The Labute approximate surface area is 164 Å². The van der Waals surface area contributed by atoms with Gasteiger partial charge in [0.15, 0.2) is 16.8 Å². The molecule has 5 nitrogen and oxygen atoms in total. The van der Waals surface area contributed by atoms with Crippen LogP contribution in [-0.4, -0.2) is 41.4 Å². The van der Waals surface area contributed by atoms with Gasteiger partial charge in [-0.15, -0.1) is 0 Å². The minimum Gasteiger partial charge on any atom is -0.459 e. The summed E-state index contributed by atoms with van der Waals surface area (Å²) in [5.41, 5.74) is -1.33. The quantitative estimate of drug-likeness (QED) is 0.525. The van der Waals surface area contributed by atoms with Crippen molar-refractivity contribution in [2.24, 2.45) is 0 Å². The van der Waals surface area contributed by atoms with Crippen LogP contribution in [0.3, 0.4) is 0 Å². The van der Waals surface area contributed by atoms with E-state index < -0.39 is 34.8 Å². The summed E-state index contributed by atoms with van der Waals surface area (Å²) in [4.78, 5) is 24.4. The van der Waals surface area contributed by atoms with Crippen molar-refractivity contribution in [3.05, 3.63) is 71.8 Å². The van der Waals surface area contributed by atoms with Gasteiger partial charge < -0.3 is 14.2 Å². The van der Waals surface area contributed by atoms with Crippen molar-refractivity contribution >= 4 is 27.9 Å². The molecule has 27 heavy (non-hydrogen) atoms. The molecule has 3 rings (SSSR count). The Hall–Kier alpha value is -2.25. The molecule has 0 bridgehead atoms. The summed E-state index contributed by atoms with van der Waals surface area (Å²) < 4.78 is 31.2. The third-order valence-corrected chi connectivity index (χ3v) is 5.37. The Kier molecular flexibility index (Phi) is 5.92. The molecule has 1 saturated heterocycles. The van der Waals surface area contributed by atoms with Crippen molar-refractivity contribution in [1.29, 1.82) is 0 Å². The lowest BCUT2D eigenvalue weighted by molar-refractivity contribution is -0.0422. The standard InChI is InChI=1S/C20H18BrFO5/c1-20(22)16(27-18(24)14-10-6-3-7-11-14)15(26-19(20)21)12-25-17(23)13-8-4-2-5-9-13/h2-11,15-16,19H,12H2,1H3/t15-,16?,19+,20-/m1/s1. The van der Waals surface area contributed by atoms with Crippen molar-refractivity contribution < 1.29 is 28.2 Å². The van der Waals surface area contributed by atoms with E-state index in [0.29, 0.717) is 11.1 Å². The smallest absolute Gasteiger partial charge is 0.338 e. The minimum atomic E-state index is -1.99. The molecule has 0 spiro atoms. The minimum absolute atomic E-state index is 0.248. The first-order valence-corrected chi connectivity index (χ1v) is 9.28. The van der Waals surface area contributed by atoms with Gasteiger partial charge in [-0.2, -0.15) is 0 Å². The molecule has 0 aromatic heterocycles. The van der Waals surface area contributed by atoms with Crippen LogP contribution in [0.1, 0.15) is 27.6 Å². The molecule has 1 aliphatic rings. The summed E-state index contributed by atoms with van der Waals surface area (Å²) in [7, 11) is 0. The zero-order valence-electron chi connectivity index (χ0n) is 14.5. The van der Waals surface area contributed by atoms with Crippen molar-refractivity contribution in [2.75, 3.05) is 6.61 Å². The SMILES string of the molecule is C[C@@]1(F)C(OC(=O)c2ccccc2)[C@@H](COC(=O)c2ccccc2)O[C@@H]1Br. The molecule has 142 valence electrons. The molecular formula is C20H18BrFO5. The van der Waals surface area contributed by atoms with Crippen LogP contribution in [0.4, 0.5) is 4.39 Å². The maximum atomic E-state index is 15.1. The van der Waals surface area contributed by atoms with Crippen LogP contribution in [0.25, 0.3) is 0 Å². The van der Waals surface area contributed by atoms with Gasteiger partial charge in [0.2, 0.25) is 0 Å². The molecule has 0 saturated carbocycles. The number of esters is 2. The summed E-state index contributed by atoms with van der Waals surface area (Å²) in [6, 6.07) is 16.7. The molecule has 2 aromatic rings. The first-order chi connectivity index (χ1) is 12.9. The fourth-order valence-electron chi connectivity index (χ4n) is 2.74. The van der Waals surface area contributed by atoms with E-state index in [1.807, 2.05) is 0 Å². The topological polar surface area (TPSA) is 61.8 Å². The second-order valence-electron chi connectivity index (χ2n) is 6.30. The molecule has 0 amide bonds. The summed E-state index contributed by atoms with van der Waals surface area (Å²) in [6.45, 7) is 1.02. The summed E-state index contributed by atoms with van der Waals surface area (Å²) in [6.07, 6.45) is -2.18. The Morgan fingerprint density at radius 1 is 1.04 bits per heavy atom. The van der Waals surface area contributed by atoms with Gasteiger partial charge in [-0.05, 0) is 31.2 Å². The highest BCUT2D eigenvalue weighted by atomic mass is 79.9. The molecule has 2 aromatic carbocycles. The highest BCUT2D eigenvalue weighted by Crippen LogP contribution is 2.40. The molecule has 0 radical (unpaired) electrons. The molecule has 1 aliphatic heterocycles. The van der Waals surface area contributed by atoms with Gasteiger partial charge >= 0.3 is 11.9 Å². The Morgan fingerprint density at radius 3 is 2.11 bits per heavy atom. The molecule has 1 heterocycles. The van der Waals surface area contributed by atoms with E-state index in [1.165, 1.54) is 6.92 Å². The Morgan fingerprint density at radius 2 is 1.56 bits per heavy atom. The van der Waals surface area contributed by atoms with Gasteiger partial charge in [-0.3, -0.25) is 0 Å². The lowest BCUT2D eigenvalue weighted by Gasteiger charge is -2.25. The van der Waals surface area contributed by atoms with Crippen molar-refractivity contribution in [2.45, 2.75) is 29.8 Å². The Balaban J connectivity index is 1.69. The van der Waals surface area contributed by atoms with Crippen LogP contribution in [0.15, 0.2) is 60.7 Å². The van der Waals surface area contributed by atoms with E-state index in [9.17, 15) is 9.59 Å². The lowest BCUT2D eigenvalue weighted by Crippen LogP contribution is -2.44. The van der Waals surface area contributed by atoms with Gasteiger partial charge in [-0.1, -0.05) is 52.3 Å². The van der Waals surface area contributed by atoms with Gasteiger partial charge in [-0.25, -0.2) is 14.0 Å². The van der Waals surface area contributed by atoms with Gasteiger partial charge in [0, 0.05) is 0 Å². The zero-order valence-corrected chi connectivity index (χ0v) is 16.1. The van der Waals surface area contributed by atoms with E-state index in [0.717, 1.165) is 0 Å². The van der Waals surface area contributed by atoms with Gasteiger partial charge in [0.05, 0.1) is 11.1 Å². The predicted molar refractivity (Wildman–Crippen MR) is 99.5 cm³/mol. The molecule has 4 atom stereocenters. The third kappa shape index (κ3) is 4.36. The largest absolute Gasteiger partial charge is 0.459 e. The lowest BCUT2D eigenvalue weighted by atomic mass is 10.0. The molecule has 1 unspecified atom stereocenters. The van der Waals surface area contributed by atoms with Crippen LogP contribution in [0.2, 0.25) is 0 Å². The number of alkyl halides is 2. The number of hydrogen-bond acceptors (Lipinski definition) is 5. The van der Waals surface area contributed by atoms with Crippen LogP contribution in [0.5, 0.6) is 0 Å². The highest BCUT2D eigenvalue weighted by Gasteiger charge is 2.56. The van der Waals surface area contributed by atoms with Gasteiger partial charge in [0.25, 0.3) is 0 Å². The van der Waals surface area contributed by atoms with Crippen molar-refractivity contribution in [3.63, 3.8) is 0 Å². The highest BCUT2D eigenvalue weighted by molar-refractivity contribution is 9.09. The molecule has 7 heteroatoms. The summed E-state index contributed by atoms with van der Waals surface area (Å²) in [5, 5.41) is -1.00. The average Bonchev–Trinajstić information content (AvgIpc) is 2.90. The van der Waals surface area contributed by atoms with E-state index >= 15 is 4.39 Å². The molecule has 0 aliphatic carbocycles. The van der Waals surface area contributed by atoms with Crippen LogP contribution in [-0.2, 0) is 14.2 Å². The molecule has 0 N–H and O–H groups in total. The second kappa shape index (κ2) is 8.19. The van der Waals surface area contributed by atoms with Gasteiger partial charge in [0.1, 0.15) is 12.7 Å².